The third-order valence-electron chi connectivity index (χ3n) is 4.48. The zero-order valence-corrected chi connectivity index (χ0v) is 19.0. The number of primary amides is 1. The molecule has 3 aromatic rings. The zero-order valence-electron chi connectivity index (χ0n) is 18.2. The van der Waals surface area contributed by atoms with E-state index >= 15 is 0 Å². The molecule has 0 aliphatic carbocycles. The van der Waals surface area contributed by atoms with Crippen molar-refractivity contribution in [1.82, 2.24) is 0 Å². The fraction of sp³-hybridized carbons (Fsp3) is 0.125. The number of hydrogen-bond donors (Lipinski definition) is 2. The average Bonchev–Trinajstić information content (AvgIpc) is 2.85. The smallest absolute Gasteiger partial charge is 0.365 e. The first-order chi connectivity index (χ1) is 16.4. The van der Waals surface area contributed by atoms with Gasteiger partial charge in [0.25, 0.3) is 5.91 Å². The Kier molecular flexibility index (Phi) is 8.31. The molecule has 0 aliphatic rings. The van der Waals surface area contributed by atoms with Crippen molar-refractivity contribution in [1.29, 1.82) is 0 Å². The summed E-state index contributed by atoms with van der Waals surface area (Å²) < 4.78 is 16.3. The first kappa shape index (κ1) is 24.4. The van der Waals surface area contributed by atoms with Crippen LogP contribution in [-0.4, -0.2) is 31.4 Å². The molecule has 0 fully saturated rings. The van der Waals surface area contributed by atoms with Crippen LogP contribution in [-0.2, 0) is 16.2 Å². The molecule has 3 aromatic carbocycles. The van der Waals surface area contributed by atoms with Crippen LogP contribution in [0.1, 0.15) is 21.5 Å². The van der Waals surface area contributed by atoms with Crippen molar-refractivity contribution >= 4 is 29.3 Å². The van der Waals surface area contributed by atoms with Gasteiger partial charge in [0, 0.05) is 16.1 Å². The summed E-state index contributed by atoms with van der Waals surface area (Å²) in [6.07, 6.45) is 0. The van der Waals surface area contributed by atoms with E-state index in [4.69, 9.17) is 42.1 Å². The van der Waals surface area contributed by atoms with Crippen LogP contribution >= 0.6 is 11.6 Å². The lowest BCUT2D eigenvalue weighted by atomic mass is 10.1. The fourth-order valence-corrected chi connectivity index (χ4v) is 2.91. The van der Waals surface area contributed by atoms with Crippen LogP contribution in [0.25, 0.3) is 0 Å². The topological polar surface area (TPSA) is 135 Å². The molecule has 3 rings (SSSR count). The van der Waals surface area contributed by atoms with Crippen molar-refractivity contribution in [2.24, 2.45) is 16.6 Å². The number of carbonyl (C=O) groups is 2. The Hall–Kier alpha value is -4.24. The summed E-state index contributed by atoms with van der Waals surface area (Å²) in [5, 5.41) is 4.30. The summed E-state index contributed by atoms with van der Waals surface area (Å²) in [6, 6.07) is 18.0. The molecule has 0 spiro atoms. The lowest BCUT2D eigenvalue weighted by Gasteiger charge is -2.11. The number of amides is 1. The van der Waals surface area contributed by atoms with Gasteiger partial charge in [-0.2, -0.15) is 0 Å². The Bertz CT molecular complexity index is 1180. The van der Waals surface area contributed by atoms with E-state index < -0.39 is 11.9 Å². The quantitative estimate of drug-likeness (QED) is 0.195. The Balaban J connectivity index is 1.65. The molecule has 0 saturated carbocycles. The summed E-state index contributed by atoms with van der Waals surface area (Å²) >= 11 is 5.89. The molecule has 9 nitrogen and oxygen atoms in total. The Labute approximate surface area is 200 Å². The molecule has 10 heteroatoms. The highest BCUT2D eigenvalue weighted by Crippen LogP contribution is 2.23. The number of hydrogen-bond acceptors (Lipinski definition) is 7. The van der Waals surface area contributed by atoms with Crippen LogP contribution in [0.4, 0.5) is 0 Å². The standard InChI is InChI=1S/C24H22ClN3O6/c1-31-21-11-4-16(12-17(21)13-32-20-9-5-18(25)6-10-20)24(30)34-28-23(27)15-2-7-19(8-3-15)33-14-22(26)29/h2-12H,13-14H2,1H3,(H2,26,29)(H2,27,28). The predicted octanol–water partition coefficient (Wildman–Crippen LogP) is 3.27. The second-order valence-electron chi connectivity index (χ2n) is 6.90. The van der Waals surface area contributed by atoms with Crippen LogP contribution in [0.3, 0.4) is 0 Å². The minimum atomic E-state index is -0.709. The molecule has 0 radical (unpaired) electrons. The number of methoxy groups -OCH3 is 1. The second-order valence-corrected chi connectivity index (χ2v) is 7.34. The SMILES string of the molecule is COc1ccc(C(=O)O/N=C(\N)c2ccc(OCC(N)=O)cc2)cc1COc1ccc(Cl)cc1. The predicted molar refractivity (Wildman–Crippen MR) is 126 cm³/mol. The molecule has 0 aliphatic heterocycles. The molecular formula is C24H22ClN3O6. The molecule has 0 heterocycles. The lowest BCUT2D eigenvalue weighted by molar-refractivity contribution is -0.119. The number of amidine groups is 1. The molecule has 4 N–H and O–H groups in total. The maximum atomic E-state index is 12.5. The highest BCUT2D eigenvalue weighted by Gasteiger charge is 2.13. The number of ether oxygens (including phenoxy) is 3. The monoisotopic (exact) mass is 483 g/mol. The third-order valence-corrected chi connectivity index (χ3v) is 4.73. The number of nitrogens with two attached hydrogens (primary N) is 2. The summed E-state index contributed by atoms with van der Waals surface area (Å²) in [5.74, 6) is 0.276. The van der Waals surface area contributed by atoms with Crippen molar-refractivity contribution < 1.29 is 28.6 Å². The van der Waals surface area contributed by atoms with Gasteiger partial charge >= 0.3 is 5.97 Å². The second kappa shape index (κ2) is 11.6. The minimum absolute atomic E-state index is 0.0189. The highest BCUT2D eigenvalue weighted by molar-refractivity contribution is 6.30. The summed E-state index contributed by atoms with van der Waals surface area (Å²) in [7, 11) is 1.52. The van der Waals surface area contributed by atoms with E-state index in [1.165, 1.54) is 7.11 Å². The normalized spacial score (nSPS) is 10.9. The molecule has 0 atom stereocenters. The maximum Gasteiger partial charge on any atom is 0.365 e. The van der Waals surface area contributed by atoms with Crippen LogP contribution in [0.5, 0.6) is 17.2 Å². The van der Waals surface area contributed by atoms with Crippen LogP contribution in [0.2, 0.25) is 5.02 Å². The first-order valence-electron chi connectivity index (χ1n) is 9.97. The van der Waals surface area contributed by atoms with E-state index in [2.05, 4.69) is 5.16 Å². The van der Waals surface area contributed by atoms with Gasteiger partial charge in [0.15, 0.2) is 12.4 Å². The summed E-state index contributed by atoms with van der Waals surface area (Å²) in [4.78, 5) is 28.3. The van der Waals surface area contributed by atoms with Crippen LogP contribution in [0, 0.1) is 0 Å². The largest absolute Gasteiger partial charge is 0.496 e. The van der Waals surface area contributed by atoms with E-state index in [0.717, 1.165) is 0 Å². The van der Waals surface area contributed by atoms with Gasteiger partial charge < -0.3 is 30.5 Å². The molecule has 0 unspecified atom stereocenters. The zero-order chi connectivity index (χ0) is 24.5. The van der Waals surface area contributed by atoms with E-state index in [-0.39, 0.29) is 24.6 Å². The molecule has 34 heavy (non-hydrogen) atoms. The van der Waals surface area contributed by atoms with E-state index in [1.807, 2.05) is 0 Å². The molecule has 0 saturated heterocycles. The molecule has 176 valence electrons. The summed E-state index contributed by atoms with van der Waals surface area (Å²) in [6.45, 7) is -0.0867. The van der Waals surface area contributed by atoms with Crippen molar-refractivity contribution in [2.75, 3.05) is 13.7 Å². The minimum Gasteiger partial charge on any atom is -0.496 e. The van der Waals surface area contributed by atoms with Gasteiger partial charge in [0.2, 0.25) is 0 Å². The lowest BCUT2D eigenvalue weighted by Crippen LogP contribution is -2.20. The van der Waals surface area contributed by atoms with Gasteiger partial charge in [0.05, 0.1) is 12.7 Å². The Morgan fingerprint density at radius 1 is 0.882 bits per heavy atom. The number of oxime groups is 1. The van der Waals surface area contributed by atoms with Gasteiger partial charge in [-0.05, 0) is 66.7 Å². The Morgan fingerprint density at radius 2 is 1.50 bits per heavy atom. The summed E-state index contributed by atoms with van der Waals surface area (Å²) in [5.41, 5.74) is 12.3. The van der Waals surface area contributed by atoms with E-state index in [1.54, 1.807) is 66.7 Å². The molecule has 0 bridgehead atoms. The fourth-order valence-electron chi connectivity index (χ4n) is 2.78. The van der Waals surface area contributed by atoms with Crippen molar-refractivity contribution in [3.63, 3.8) is 0 Å². The van der Waals surface area contributed by atoms with Crippen molar-refractivity contribution in [2.45, 2.75) is 6.61 Å². The van der Waals surface area contributed by atoms with Gasteiger partial charge in [-0.3, -0.25) is 4.79 Å². The first-order valence-corrected chi connectivity index (χ1v) is 10.3. The van der Waals surface area contributed by atoms with Gasteiger partial charge in [-0.15, -0.1) is 0 Å². The van der Waals surface area contributed by atoms with E-state index in [0.29, 0.717) is 33.4 Å². The number of halogens is 1. The number of carbonyl (C=O) groups excluding carboxylic acids is 2. The highest BCUT2D eigenvalue weighted by atomic mass is 35.5. The molecule has 0 aromatic heterocycles. The third kappa shape index (κ3) is 6.88. The van der Waals surface area contributed by atoms with E-state index in [9.17, 15) is 9.59 Å². The number of rotatable bonds is 10. The number of benzene rings is 3. The van der Waals surface area contributed by atoms with Gasteiger partial charge in [0.1, 0.15) is 23.9 Å². The van der Waals surface area contributed by atoms with Crippen LogP contribution in [0.15, 0.2) is 71.9 Å². The van der Waals surface area contributed by atoms with Crippen LogP contribution < -0.4 is 25.7 Å². The number of nitrogens with zero attached hydrogens (tertiary/aromatic N) is 1. The average molecular weight is 484 g/mol. The maximum absolute atomic E-state index is 12.5. The van der Waals surface area contributed by atoms with Gasteiger partial charge in [-0.25, -0.2) is 4.79 Å². The molecular weight excluding hydrogens is 462 g/mol. The molecule has 1 amide bonds. The van der Waals surface area contributed by atoms with Gasteiger partial charge in [-0.1, -0.05) is 16.8 Å². The van der Waals surface area contributed by atoms with Crippen molar-refractivity contribution in [3.05, 3.63) is 88.4 Å². The van der Waals surface area contributed by atoms with Crippen molar-refractivity contribution in [3.8, 4) is 17.2 Å². The Morgan fingerprint density at radius 3 is 2.15 bits per heavy atom.